The highest BCUT2D eigenvalue weighted by Crippen LogP contribution is 2.51. The summed E-state index contributed by atoms with van der Waals surface area (Å²) in [5, 5.41) is 13.3. The van der Waals surface area contributed by atoms with Gasteiger partial charge in [-0.1, -0.05) is 11.6 Å². The van der Waals surface area contributed by atoms with Crippen molar-refractivity contribution in [2.75, 3.05) is 38.2 Å². The second-order valence-electron chi connectivity index (χ2n) is 9.98. The van der Waals surface area contributed by atoms with Crippen molar-refractivity contribution in [2.45, 2.75) is 45.9 Å². The molecule has 8 nitrogen and oxygen atoms in total. The van der Waals surface area contributed by atoms with Gasteiger partial charge in [0.25, 0.3) is 0 Å². The summed E-state index contributed by atoms with van der Waals surface area (Å²) < 4.78 is 19.3. The first-order valence-electron chi connectivity index (χ1n) is 12.0. The van der Waals surface area contributed by atoms with Crippen molar-refractivity contribution in [3.05, 3.63) is 40.2 Å². The van der Waals surface area contributed by atoms with Gasteiger partial charge in [0, 0.05) is 41.9 Å². The van der Waals surface area contributed by atoms with E-state index in [1.165, 1.54) is 6.92 Å². The molecule has 2 fully saturated rings. The molecule has 194 valence electrons. The van der Waals surface area contributed by atoms with Crippen LogP contribution in [0.5, 0.6) is 5.75 Å². The third kappa shape index (κ3) is 5.19. The number of hydrogen-bond acceptors (Lipinski definition) is 8. The molecule has 1 aromatic carbocycles. The number of aromatic nitrogens is 2. The predicted molar refractivity (Wildman–Crippen MR) is 139 cm³/mol. The lowest BCUT2D eigenvalue weighted by molar-refractivity contribution is -0.111. The summed E-state index contributed by atoms with van der Waals surface area (Å²) in [6.45, 7) is 6.89. The molecule has 0 unspecified atom stereocenters. The van der Waals surface area contributed by atoms with E-state index in [2.05, 4.69) is 10.2 Å². The number of aliphatic hydroxyl groups excluding tert-OH is 1. The fourth-order valence-corrected chi connectivity index (χ4v) is 5.31. The van der Waals surface area contributed by atoms with Crippen LogP contribution in [0.3, 0.4) is 0 Å². The average molecular weight is 518 g/mol. The zero-order valence-electron chi connectivity index (χ0n) is 21.1. The minimum absolute atomic E-state index is 0.000252. The number of rotatable bonds is 9. The number of ether oxygens (including phenoxy) is 1. The number of allylic oxidation sites excluding steroid dienone is 2. The van der Waals surface area contributed by atoms with E-state index in [1.807, 2.05) is 6.92 Å². The van der Waals surface area contributed by atoms with Crippen LogP contribution in [0.25, 0.3) is 17.0 Å². The standard InChI is InChI=1S/C26H33ClFN5O3/c1-14-23(22(15(2)29)16(3)34)31-24(32-25(14)33-12-26(13-33)8-17(28)9-26)20-7-19(5-6-21(20)27)36-11-18(35)10-30-4/h5-7,17-18,30,35H,8-13,29H2,1-4H3/t18-/m1/s1. The number of nitrogens with zero attached hydrogens (tertiary/aromatic N) is 3. The lowest BCUT2D eigenvalue weighted by Crippen LogP contribution is -2.63. The minimum atomic E-state index is -0.731. The molecule has 1 saturated heterocycles. The van der Waals surface area contributed by atoms with Gasteiger partial charge < -0.3 is 25.8 Å². The first-order valence-corrected chi connectivity index (χ1v) is 12.4. The van der Waals surface area contributed by atoms with Crippen molar-refractivity contribution >= 4 is 28.8 Å². The van der Waals surface area contributed by atoms with Crippen LogP contribution in [0, 0.1) is 12.3 Å². The maximum atomic E-state index is 13.6. The van der Waals surface area contributed by atoms with Gasteiger partial charge >= 0.3 is 0 Å². The number of alkyl halides is 1. The number of benzene rings is 1. The van der Waals surface area contributed by atoms with Gasteiger partial charge in [0.1, 0.15) is 30.4 Å². The number of nitrogens with one attached hydrogen (secondary N) is 1. The number of hydrogen-bond donors (Lipinski definition) is 3. The Morgan fingerprint density at radius 3 is 2.64 bits per heavy atom. The Labute approximate surface area is 215 Å². The van der Waals surface area contributed by atoms with Gasteiger partial charge in [-0.3, -0.25) is 4.79 Å². The molecule has 2 aromatic rings. The number of carbonyl (C=O) groups is 1. The Hall–Kier alpha value is -2.75. The number of aliphatic hydroxyl groups is 1. The number of carbonyl (C=O) groups excluding carboxylic acids is 1. The smallest absolute Gasteiger partial charge is 0.163 e. The molecular formula is C26H33ClFN5O3. The maximum Gasteiger partial charge on any atom is 0.163 e. The van der Waals surface area contributed by atoms with Gasteiger partial charge in [0.15, 0.2) is 11.6 Å². The summed E-state index contributed by atoms with van der Waals surface area (Å²) in [6, 6.07) is 5.11. The van der Waals surface area contributed by atoms with Gasteiger partial charge in [-0.25, -0.2) is 14.4 Å². The molecule has 10 heteroatoms. The third-order valence-electron chi connectivity index (χ3n) is 6.83. The van der Waals surface area contributed by atoms with E-state index < -0.39 is 12.3 Å². The van der Waals surface area contributed by atoms with Crippen molar-refractivity contribution in [1.29, 1.82) is 0 Å². The third-order valence-corrected chi connectivity index (χ3v) is 7.15. The molecular weight excluding hydrogens is 485 g/mol. The molecule has 0 amide bonds. The molecule has 2 heterocycles. The van der Waals surface area contributed by atoms with E-state index in [-0.39, 0.29) is 17.8 Å². The monoisotopic (exact) mass is 517 g/mol. The summed E-state index contributed by atoms with van der Waals surface area (Å²) in [6.07, 6.45) is -0.269. The molecule has 1 aliphatic heterocycles. The normalized spacial score (nSPS) is 18.4. The molecule has 1 saturated carbocycles. The summed E-state index contributed by atoms with van der Waals surface area (Å²) in [7, 11) is 1.75. The van der Waals surface area contributed by atoms with Crippen LogP contribution < -0.4 is 20.7 Å². The quantitative estimate of drug-likeness (QED) is 0.434. The van der Waals surface area contributed by atoms with Crippen molar-refractivity contribution in [2.24, 2.45) is 11.1 Å². The van der Waals surface area contributed by atoms with Crippen LogP contribution in [0.4, 0.5) is 10.2 Å². The van der Waals surface area contributed by atoms with Crippen LogP contribution in [0.2, 0.25) is 5.02 Å². The van der Waals surface area contributed by atoms with Crippen LogP contribution in [-0.2, 0) is 4.79 Å². The molecule has 0 bridgehead atoms. The molecule has 2 aliphatic rings. The number of ketones is 1. The molecule has 1 aliphatic carbocycles. The highest BCUT2D eigenvalue weighted by Gasteiger charge is 2.53. The van der Waals surface area contributed by atoms with E-state index in [9.17, 15) is 14.3 Å². The molecule has 1 spiro atoms. The van der Waals surface area contributed by atoms with Crippen LogP contribution in [0.1, 0.15) is 37.9 Å². The number of likely N-dealkylation sites (N-methyl/N-ethyl adjacent to an activating group) is 1. The van der Waals surface area contributed by atoms with Gasteiger partial charge in [-0.05, 0) is 58.9 Å². The van der Waals surface area contributed by atoms with E-state index in [0.29, 0.717) is 77.4 Å². The average Bonchev–Trinajstić information content (AvgIpc) is 2.76. The SMILES string of the molecule is CNC[C@@H](O)COc1ccc(Cl)c(-c2nc(C(C(C)=O)=C(C)N)c(C)c(N3CC4(CC(F)C4)C3)n2)c1. The summed E-state index contributed by atoms with van der Waals surface area (Å²) in [5.74, 6) is 1.31. The first-order chi connectivity index (χ1) is 17.0. The van der Waals surface area contributed by atoms with E-state index in [1.54, 1.807) is 32.2 Å². The number of halogens is 2. The van der Waals surface area contributed by atoms with Gasteiger partial charge in [0.2, 0.25) is 0 Å². The molecule has 36 heavy (non-hydrogen) atoms. The zero-order chi connectivity index (χ0) is 26.2. The molecule has 1 aromatic heterocycles. The van der Waals surface area contributed by atoms with E-state index in [4.69, 9.17) is 32.0 Å². The highest BCUT2D eigenvalue weighted by atomic mass is 35.5. The number of Topliss-reactive ketones (excluding diaryl/α,β-unsaturated/α-hetero) is 1. The number of anilines is 1. The van der Waals surface area contributed by atoms with Crippen molar-refractivity contribution in [1.82, 2.24) is 15.3 Å². The zero-order valence-corrected chi connectivity index (χ0v) is 21.8. The number of nitrogens with two attached hydrogens (primary N) is 1. The van der Waals surface area contributed by atoms with Crippen LogP contribution in [-0.4, -0.2) is 66.4 Å². The molecule has 0 radical (unpaired) electrons. The first kappa shape index (κ1) is 26.3. The Morgan fingerprint density at radius 1 is 1.36 bits per heavy atom. The van der Waals surface area contributed by atoms with E-state index >= 15 is 0 Å². The van der Waals surface area contributed by atoms with Gasteiger partial charge in [-0.2, -0.15) is 0 Å². The second kappa shape index (κ2) is 10.3. The fourth-order valence-electron chi connectivity index (χ4n) is 5.11. The predicted octanol–water partition coefficient (Wildman–Crippen LogP) is 3.28. The fraction of sp³-hybridized carbons (Fsp3) is 0.500. The second-order valence-corrected chi connectivity index (χ2v) is 10.4. The highest BCUT2D eigenvalue weighted by molar-refractivity contribution is 6.33. The topological polar surface area (TPSA) is 114 Å². The summed E-state index contributed by atoms with van der Waals surface area (Å²) in [4.78, 5) is 24.2. The molecule has 1 atom stereocenters. The largest absolute Gasteiger partial charge is 0.491 e. The molecule has 4 rings (SSSR count). The Kier molecular flexibility index (Phi) is 7.54. The van der Waals surface area contributed by atoms with Gasteiger partial charge in [-0.15, -0.1) is 0 Å². The lowest BCUT2D eigenvalue weighted by atomic mass is 9.62. The Bertz CT molecular complexity index is 1190. The molecule has 4 N–H and O–H groups in total. The van der Waals surface area contributed by atoms with Crippen molar-refractivity contribution in [3.8, 4) is 17.1 Å². The van der Waals surface area contributed by atoms with Gasteiger partial charge in [0.05, 0.1) is 16.3 Å². The summed E-state index contributed by atoms with van der Waals surface area (Å²) in [5.41, 5.74) is 8.51. The van der Waals surface area contributed by atoms with E-state index in [0.717, 1.165) is 5.56 Å². The van der Waals surface area contributed by atoms with Crippen LogP contribution in [0.15, 0.2) is 23.9 Å². The summed E-state index contributed by atoms with van der Waals surface area (Å²) >= 11 is 6.56. The van der Waals surface area contributed by atoms with Crippen molar-refractivity contribution < 1.29 is 19.0 Å². The van der Waals surface area contributed by atoms with Crippen molar-refractivity contribution in [3.63, 3.8) is 0 Å². The Balaban J connectivity index is 1.75. The Morgan fingerprint density at radius 2 is 2.06 bits per heavy atom. The lowest BCUT2D eigenvalue weighted by Gasteiger charge is -2.57. The maximum absolute atomic E-state index is 13.6. The van der Waals surface area contributed by atoms with Crippen LogP contribution >= 0.6 is 11.6 Å². The minimum Gasteiger partial charge on any atom is -0.491 e.